The highest BCUT2D eigenvalue weighted by Crippen LogP contribution is 2.29. The van der Waals surface area contributed by atoms with E-state index >= 15 is 0 Å². The number of phenolic OH excluding ortho intramolecular Hbond substituents is 1. The summed E-state index contributed by atoms with van der Waals surface area (Å²) in [5.74, 6) is 0.195. The van der Waals surface area contributed by atoms with Gasteiger partial charge in [0.2, 0.25) is 0 Å². The van der Waals surface area contributed by atoms with Crippen LogP contribution in [-0.4, -0.2) is 15.9 Å². The monoisotopic (exact) mass is 218 g/mol. The molecule has 1 aliphatic carbocycles. The van der Waals surface area contributed by atoms with Crippen LogP contribution in [0.5, 0.6) is 5.75 Å². The third-order valence-electron chi connectivity index (χ3n) is 2.64. The van der Waals surface area contributed by atoms with E-state index in [4.69, 9.17) is 11.5 Å². The maximum absolute atomic E-state index is 9.47. The summed E-state index contributed by atoms with van der Waals surface area (Å²) in [4.78, 5) is 0. The molecule has 16 heavy (non-hydrogen) atoms. The number of hydrogen-bond donors (Lipinski definition) is 4. The van der Waals surface area contributed by atoms with Gasteiger partial charge in [0.1, 0.15) is 17.2 Å². The van der Waals surface area contributed by atoms with Crippen molar-refractivity contribution in [1.29, 1.82) is 0 Å². The molecule has 0 amide bonds. The largest absolute Gasteiger partial charge is 0.509 e. The number of hydrogen-bond acceptors (Lipinski definition) is 4. The number of aliphatic hydroxyl groups is 1. The molecule has 1 aromatic carbocycles. The molecule has 1 aliphatic rings. The predicted octanol–water partition coefficient (Wildman–Crippen LogP) is 1.23. The van der Waals surface area contributed by atoms with E-state index in [0.717, 1.165) is 11.1 Å². The number of benzene rings is 1. The van der Waals surface area contributed by atoms with E-state index in [1.54, 1.807) is 30.3 Å². The molecule has 4 heteroatoms. The van der Waals surface area contributed by atoms with Crippen LogP contribution in [0.15, 0.2) is 42.2 Å². The summed E-state index contributed by atoms with van der Waals surface area (Å²) < 4.78 is 0. The Morgan fingerprint density at radius 3 is 2.19 bits per heavy atom. The van der Waals surface area contributed by atoms with E-state index in [0.29, 0.717) is 6.42 Å². The van der Waals surface area contributed by atoms with E-state index in [-0.39, 0.29) is 11.5 Å². The van der Waals surface area contributed by atoms with Gasteiger partial charge >= 0.3 is 0 Å². The summed E-state index contributed by atoms with van der Waals surface area (Å²) in [5.41, 5.74) is 12.2. The standard InChI is InChI=1S/C12H14N2O2/c13-12(14)7-9(3-6-11(12)16)8-1-4-10(15)5-2-8/h1-6,15-16H,7,13-14H2. The van der Waals surface area contributed by atoms with Gasteiger partial charge in [-0.15, -0.1) is 0 Å². The van der Waals surface area contributed by atoms with Crippen LogP contribution in [0.4, 0.5) is 0 Å². The summed E-state index contributed by atoms with van der Waals surface area (Å²) in [6.07, 6.45) is 3.64. The summed E-state index contributed by atoms with van der Waals surface area (Å²) in [6.45, 7) is 0. The van der Waals surface area contributed by atoms with Crippen molar-refractivity contribution in [3.63, 3.8) is 0 Å². The minimum atomic E-state index is -1.21. The first kappa shape index (κ1) is 10.7. The quantitative estimate of drug-likeness (QED) is 0.533. The van der Waals surface area contributed by atoms with Crippen molar-refractivity contribution in [2.75, 3.05) is 0 Å². The van der Waals surface area contributed by atoms with Gasteiger partial charge in [0.15, 0.2) is 0 Å². The summed E-state index contributed by atoms with van der Waals surface area (Å²) in [7, 11) is 0. The van der Waals surface area contributed by atoms with Gasteiger partial charge in [0, 0.05) is 6.42 Å². The fraction of sp³-hybridized carbons (Fsp3) is 0.167. The molecule has 0 aliphatic heterocycles. The predicted molar refractivity (Wildman–Crippen MR) is 62.5 cm³/mol. The van der Waals surface area contributed by atoms with Crippen molar-refractivity contribution in [3.05, 3.63) is 47.7 Å². The Morgan fingerprint density at radius 2 is 1.62 bits per heavy atom. The number of nitrogens with two attached hydrogens (primary N) is 2. The molecule has 0 spiro atoms. The first-order valence-electron chi connectivity index (χ1n) is 4.96. The second-order valence-electron chi connectivity index (χ2n) is 4.01. The van der Waals surface area contributed by atoms with Crippen molar-refractivity contribution in [1.82, 2.24) is 0 Å². The molecular formula is C12H14N2O2. The van der Waals surface area contributed by atoms with Gasteiger partial charge in [-0.1, -0.05) is 18.2 Å². The maximum atomic E-state index is 9.47. The Bertz CT molecular complexity index is 458. The normalized spacial score (nSPS) is 18.9. The number of aliphatic hydroxyl groups excluding tert-OH is 1. The van der Waals surface area contributed by atoms with E-state index in [1.807, 2.05) is 0 Å². The first-order valence-corrected chi connectivity index (χ1v) is 4.96. The maximum Gasteiger partial charge on any atom is 0.127 e. The van der Waals surface area contributed by atoms with E-state index < -0.39 is 5.66 Å². The van der Waals surface area contributed by atoms with E-state index in [2.05, 4.69) is 0 Å². The second kappa shape index (κ2) is 3.66. The molecule has 6 N–H and O–H groups in total. The van der Waals surface area contributed by atoms with Crippen LogP contribution in [0.3, 0.4) is 0 Å². The number of phenols is 1. The van der Waals surface area contributed by atoms with Crippen LogP contribution in [0.2, 0.25) is 0 Å². The zero-order chi connectivity index (χ0) is 11.8. The topological polar surface area (TPSA) is 92.5 Å². The molecule has 0 aromatic heterocycles. The summed E-state index contributed by atoms with van der Waals surface area (Å²) in [5, 5.41) is 18.7. The van der Waals surface area contributed by atoms with Crippen molar-refractivity contribution < 1.29 is 10.2 Å². The fourth-order valence-electron chi connectivity index (χ4n) is 1.67. The lowest BCUT2D eigenvalue weighted by molar-refractivity contribution is 0.299. The SMILES string of the molecule is NC1(N)CC(c2ccc(O)cc2)=CC=C1O. The van der Waals surface area contributed by atoms with E-state index in [1.165, 1.54) is 6.08 Å². The molecule has 0 radical (unpaired) electrons. The highest BCUT2D eigenvalue weighted by Gasteiger charge is 2.28. The van der Waals surface area contributed by atoms with Crippen LogP contribution in [0, 0.1) is 0 Å². The van der Waals surface area contributed by atoms with Gasteiger partial charge in [-0.05, 0) is 29.3 Å². The highest BCUT2D eigenvalue weighted by molar-refractivity contribution is 5.70. The van der Waals surface area contributed by atoms with Gasteiger partial charge in [0.05, 0.1) is 0 Å². The Labute approximate surface area is 93.5 Å². The van der Waals surface area contributed by atoms with E-state index in [9.17, 15) is 10.2 Å². The van der Waals surface area contributed by atoms with Crippen molar-refractivity contribution in [3.8, 4) is 5.75 Å². The molecule has 0 atom stereocenters. The number of rotatable bonds is 1. The summed E-state index contributed by atoms with van der Waals surface area (Å²) >= 11 is 0. The van der Waals surface area contributed by atoms with Crippen LogP contribution < -0.4 is 11.5 Å². The number of aromatic hydroxyl groups is 1. The van der Waals surface area contributed by atoms with Crippen LogP contribution >= 0.6 is 0 Å². The van der Waals surface area contributed by atoms with Crippen LogP contribution in [-0.2, 0) is 0 Å². The van der Waals surface area contributed by atoms with Gasteiger partial charge in [-0.25, -0.2) is 0 Å². The van der Waals surface area contributed by atoms with Crippen molar-refractivity contribution in [2.24, 2.45) is 11.5 Å². The second-order valence-corrected chi connectivity index (χ2v) is 4.01. The molecule has 0 bridgehead atoms. The van der Waals surface area contributed by atoms with Gasteiger partial charge in [-0.3, -0.25) is 0 Å². The Hall–Kier alpha value is -1.78. The smallest absolute Gasteiger partial charge is 0.127 e. The molecule has 4 nitrogen and oxygen atoms in total. The molecule has 0 heterocycles. The minimum absolute atomic E-state index is 0.0185. The molecular weight excluding hydrogens is 204 g/mol. The molecule has 2 rings (SSSR count). The molecule has 0 saturated carbocycles. The average Bonchev–Trinajstić information content (AvgIpc) is 2.23. The van der Waals surface area contributed by atoms with Gasteiger partial charge in [-0.2, -0.15) is 0 Å². The van der Waals surface area contributed by atoms with Crippen LogP contribution in [0.25, 0.3) is 5.57 Å². The zero-order valence-corrected chi connectivity index (χ0v) is 8.72. The Balaban J connectivity index is 2.34. The molecule has 84 valence electrons. The molecule has 0 saturated heterocycles. The Kier molecular flexibility index (Phi) is 2.46. The van der Waals surface area contributed by atoms with Gasteiger partial charge < -0.3 is 21.7 Å². The van der Waals surface area contributed by atoms with Crippen LogP contribution in [0.1, 0.15) is 12.0 Å². The van der Waals surface area contributed by atoms with Gasteiger partial charge in [0.25, 0.3) is 0 Å². The van der Waals surface area contributed by atoms with Crippen molar-refractivity contribution >= 4 is 5.57 Å². The molecule has 1 aromatic rings. The molecule has 0 fully saturated rings. The lowest BCUT2D eigenvalue weighted by Crippen LogP contribution is -2.52. The van der Waals surface area contributed by atoms with Crippen molar-refractivity contribution in [2.45, 2.75) is 12.1 Å². The zero-order valence-electron chi connectivity index (χ0n) is 8.72. The number of allylic oxidation sites excluding steroid dienone is 2. The third kappa shape index (κ3) is 1.93. The molecule has 0 unspecified atom stereocenters. The third-order valence-corrected chi connectivity index (χ3v) is 2.64. The lowest BCUT2D eigenvalue weighted by Gasteiger charge is -2.28. The minimum Gasteiger partial charge on any atom is -0.509 e. The fourth-order valence-corrected chi connectivity index (χ4v) is 1.67. The lowest BCUT2D eigenvalue weighted by atomic mass is 9.89. The highest BCUT2D eigenvalue weighted by atomic mass is 16.3. The summed E-state index contributed by atoms with van der Waals surface area (Å²) in [6, 6.07) is 6.77. The first-order chi connectivity index (χ1) is 7.49. The Morgan fingerprint density at radius 1 is 1.00 bits per heavy atom. The average molecular weight is 218 g/mol.